The van der Waals surface area contributed by atoms with Gasteiger partial charge < -0.3 is 14.6 Å². The van der Waals surface area contributed by atoms with Crippen LogP contribution in [0, 0.1) is 0 Å². The Kier molecular flexibility index (Phi) is 5.56. The Balaban J connectivity index is 1.53. The normalized spacial score (nSPS) is 10.8. The number of aryl methyl sites for hydroxylation is 1. The van der Waals surface area contributed by atoms with Crippen LogP contribution in [0.1, 0.15) is 18.3 Å². The van der Waals surface area contributed by atoms with Gasteiger partial charge in [-0.1, -0.05) is 49.4 Å². The maximum absolute atomic E-state index is 12.7. The first-order chi connectivity index (χ1) is 14.2. The van der Waals surface area contributed by atoms with Crippen LogP contribution < -0.4 is 10.1 Å². The molecular formula is C24H23N3O2. The molecule has 1 heterocycles. The number of ether oxygens (including phenoxy) is 1. The number of benzene rings is 3. The van der Waals surface area contributed by atoms with E-state index < -0.39 is 0 Å². The summed E-state index contributed by atoms with van der Waals surface area (Å²) in [5, 5.41) is 2.97. The van der Waals surface area contributed by atoms with Crippen molar-refractivity contribution in [3.05, 3.63) is 90.3 Å². The molecule has 1 amide bonds. The van der Waals surface area contributed by atoms with Crippen molar-refractivity contribution < 1.29 is 9.53 Å². The van der Waals surface area contributed by atoms with E-state index in [0.29, 0.717) is 5.82 Å². The molecule has 0 saturated carbocycles. The number of fused-ring (bicyclic) bond motifs is 1. The second-order valence-corrected chi connectivity index (χ2v) is 6.80. The number of carbonyl (C=O) groups excluding carboxylic acids is 1. The first-order valence-corrected chi connectivity index (χ1v) is 9.73. The van der Waals surface area contributed by atoms with Crippen LogP contribution in [0.4, 0.5) is 5.69 Å². The first kappa shape index (κ1) is 18.7. The van der Waals surface area contributed by atoms with Gasteiger partial charge in [0.05, 0.1) is 11.0 Å². The molecule has 0 unspecified atom stereocenters. The van der Waals surface area contributed by atoms with E-state index in [4.69, 9.17) is 4.74 Å². The highest BCUT2D eigenvalue weighted by Crippen LogP contribution is 2.19. The monoisotopic (exact) mass is 385 g/mol. The van der Waals surface area contributed by atoms with Gasteiger partial charge in [0.25, 0.3) is 0 Å². The second kappa shape index (κ2) is 8.61. The number of anilines is 1. The lowest BCUT2D eigenvalue weighted by Gasteiger charge is -2.11. The van der Waals surface area contributed by atoms with E-state index in [9.17, 15) is 4.79 Å². The predicted octanol–water partition coefficient (Wildman–Crippen LogP) is 4.82. The fraction of sp³-hybridized carbons (Fsp3) is 0.167. The van der Waals surface area contributed by atoms with Crippen LogP contribution in [0.15, 0.2) is 78.9 Å². The molecule has 0 saturated heterocycles. The standard InChI is InChI=1S/C24H23N3O2/c1-2-18-12-14-19(15-13-18)25-24(28)16-27-22-11-7-6-10-21(22)26-23(27)17-29-20-8-4-3-5-9-20/h3-15H,2,16-17H2,1H3,(H,25,28). The Bertz CT molecular complexity index is 1100. The zero-order chi connectivity index (χ0) is 20.1. The van der Waals surface area contributed by atoms with Crippen molar-refractivity contribution in [2.24, 2.45) is 0 Å². The average molecular weight is 385 g/mol. The Morgan fingerprint density at radius 3 is 2.45 bits per heavy atom. The minimum Gasteiger partial charge on any atom is -0.486 e. The summed E-state index contributed by atoms with van der Waals surface area (Å²) >= 11 is 0. The number of nitrogens with zero attached hydrogens (tertiary/aromatic N) is 2. The summed E-state index contributed by atoms with van der Waals surface area (Å²) in [7, 11) is 0. The average Bonchev–Trinajstić information content (AvgIpc) is 3.11. The number of rotatable bonds is 7. The summed E-state index contributed by atoms with van der Waals surface area (Å²) < 4.78 is 7.78. The number of carbonyl (C=O) groups is 1. The summed E-state index contributed by atoms with van der Waals surface area (Å²) in [6.07, 6.45) is 0.972. The van der Waals surface area contributed by atoms with Crippen molar-refractivity contribution in [1.82, 2.24) is 9.55 Å². The largest absolute Gasteiger partial charge is 0.486 e. The minimum absolute atomic E-state index is 0.0987. The number of para-hydroxylation sites is 3. The van der Waals surface area contributed by atoms with Crippen molar-refractivity contribution in [3.8, 4) is 5.75 Å². The maximum atomic E-state index is 12.7. The SMILES string of the molecule is CCc1ccc(NC(=O)Cn2c(COc3ccccc3)nc3ccccc32)cc1. The lowest BCUT2D eigenvalue weighted by atomic mass is 10.1. The van der Waals surface area contributed by atoms with Crippen LogP contribution >= 0.6 is 0 Å². The Morgan fingerprint density at radius 2 is 1.69 bits per heavy atom. The van der Waals surface area contributed by atoms with Gasteiger partial charge in [-0.15, -0.1) is 0 Å². The molecule has 0 spiro atoms. The molecule has 0 fully saturated rings. The molecule has 4 rings (SSSR count). The summed E-state index contributed by atoms with van der Waals surface area (Å²) in [4.78, 5) is 17.4. The van der Waals surface area contributed by atoms with Gasteiger partial charge in [0, 0.05) is 5.69 Å². The van der Waals surface area contributed by atoms with Crippen LogP contribution in [-0.2, 0) is 24.4 Å². The van der Waals surface area contributed by atoms with Gasteiger partial charge in [0.15, 0.2) is 0 Å². The number of imidazole rings is 1. The molecule has 4 aromatic rings. The van der Waals surface area contributed by atoms with E-state index in [2.05, 4.69) is 17.2 Å². The third kappa shape index (κ3) is 4.46. The summed E-state index contributed by atoms with van der Waals surface area (Å²) in [6, 6.07) is 25.3. The summed E-state index contributed by atoms with van der Waals surface area (Å²) in [5.74, 6) is 1.39. The van der Waals surface area contributed by atoms with Crippen LogP contribution in [0.3, 0.4) is 0 Å². The van der Waals surface area contributed by atoms with Crippen molar-refractivity contribution in [3.63, 3.8) is 0 Å². The zero-order valence-corrected chi connectivity index (χ0v) is 16.3. The van der Waals surface area contributed by atoms with Gasteiger partial charge in [-0.05, 0) is 48.4 Å². The third-order valence-corrected chi connectivity index (χ3v) is 4.79. The lowest BCUT2D eigenvalue weighted by molar-refractivity contribution is -0.116. The number of nitrogens with one attached hydrogen (secondary N) is 1. The Hall–Kier alpha value is -3.60. The van der Waals surface area contributed by atoms with E-state index in [0.717, 1.165) is 28.9 Å². The molecule has 0 bridgehead atoms. The van der Waals surface area contributed by atoms with E-state index in [1.165, 1.54) is 5.56 Å². The molecule has 146 valence electrons. The fourth-order valence-corrected chi connectivity index (χ4v) is 3.24. The number of amides is 1. The van der Waals surface area contributed by atoms with E-state index in [1.54, 1.807) is 0 Å². The molecule has 3 aromatic carbocycles. The van der Waals surface area contributed by atoms with Gasteiger partial charge in [-0.25, -0.2) is 4.98 Å². The van der Waals surface area contributed by atoms with Crippen LogP contribution in [-0.4, -0.2) is 15.5 Å². The molecule has 29 heavy (non-hydrogen) atoms. The Labute approximate surface area is 170 Å². The molecule has 0 aliphatic rings. The minimum atomic E-state index is -0.0987. The molecule has 1 N–H and O–H groups in total. The zero-order valence-electron chi connectivity index (χ0n) is 16.3. The van der Waals surface area contributed by atoms with Crippen molar-refractivity contribution >= 4 is 22.6 Å². The quantitative estimate of drug-likeness (QED) is 0.496. The highest BCUT2D eigenvalue weighted by atomic mass is 16.5. The topological polar surface area (TPSA) is 56.2 Å². The fourth-order valence-electron chi connectivity index (χ4n) is 3.24. The number of aromatic nitrogens is 2. The highest BCUT2D eigenvalue weighted by Gasteiger charge is 2.14. The molecule has 0 radical (unpaired) electrons. The summed E-state index contributed by atoms with van der Waals surface area (Å²) in [5.41, 5.74) is 3.79. The second-order valence-electron chi connectivity index (χ2n) is 6.80. The van der Waals surface area contributed by atoms with Crippen molar-refractivity contribution in [1.29, 1.82) is 0 Å². The number of hydrogen-bond acceptors (Lipinski definition) is 3. The Morgan fingerprint density at radius 1 is 0.966 bits per heavy atom. The van der Waals surface area contributed by atoms with Gasteiger partial charge >= 0.3 is 0 Å². The molecule has 1 aromatic heterocycles. The third-order valence-electron chi connectivity index (χ3n) is 4.79. The van der Waals surface area contributed by atoms with Gasteiger partial charge in [-0.3, -0.25) is 4.79 Å². The van der Waals surface area contributed by atoms with E-state index in [1.807, 2.05) is 83.4 Å². The van der Waals surface area contributed by atoms with Crippen molar-refractivity contribution in [2.45, 2.75) is 26.5 Å². The summed E-state index contributed by atoms with van der Waals surface area (Å²) in [6.45, 7) is 2.57. The highest BCUT2D eigenvalue weighted by molar-refractivity contribution is 5.91. The van der Waals surface area contributed by atoms with Crippen LogP contribution in [0.25, 0.3) is 11.0 Å². The van der Waals surface area contributed by atoms with Gasteiger partial charge in [0.1, 0.15) is 24.7 Å². The molecule has 5 heteroatoms. The molecular weight excluding hydrogens is 362 g/mol. The smallest absolute Gasteiger partial charge is 0.244 e. The van der Waals surface area contributed by atoms with Crippen molar-refractivity contribution in [2.75, 3.05) is 5.32 Å². The molecule has 0 atom stereocenters. The van der Waals surface area contributed by atoms with Crippen LogP contribution in [0.5, 0.6) is 5.75 Å². The molecule has 0 aliphatic heterocycles. The van der Waals surface area contributed by atoms with Gasteiger partial charge in [-0.2, -0.15) is 0 Å². The number of hydrogen-bond donors (Lipinski definition) is 1. The van der Waals surface area contributed by atoms with E-state index >= 15 is 0 Å². The maximum Gasteiger partial charge on any atom is 0.244 e. The van der Waals surface area contributed by atoms with Gasteiger partial charge in [0.2, 0.25) is 5.91 Å². The lowest BCUT2D eigenvalue weighted by Crippen LogP contribution is -2.20. The van der Waals surface area contributed by atoms with Crippen LogP contribution in [0.2, 0.25) is 0 Å². The molecule has 0 aliphatic carbocycles. The molecule has 5 nitrogen and oxygen atoms in total. The van der Waals surface area contributed by atoms with E-state index in [-0.39, 0.29) is 19.1 Å². The first-order valence-electron chi connectivity index (χ1n) is 9.73. The predicted molar refractivity (Wildman–Crippen MR) is 115 cm³/mol.